The molecular weight excluding hydrogens is 415 g/mol. The van der Waals surface area contributed by atoms with Crippen LogP contribution in [0.15, 0.2) is 103 Å². The number of unbranched alkanes of at least 4 members (excludes halogenated alkanes) is 1. The van der Waals surface area contributed by atoms with E-state index >= 15 is 0 Å². The third kappa shape index (κ3) is 3.37. The molecule has 3 rings (SSSR count). The average molecular weight is 441 g/mol. The summed E-state index contributed by atoms with van der Waals surface area (Å²) in [6, 6.07) is 31.8. The summed E-state index contributed by atoms with van der Waals surface area (Å²) in [4.78, 5) is 0. The van der Waals surface area contributed by atoms with E-state index in [2.05, 4.69) is 102 Å². The summed E-state index contributed by atoms with van der Waals surface area (Å²) in [7, 11) is 0. The van der Waals surface area contributed by atoms with Crippen LogP contribution < -0.4 is 15.9 Å². The molecule has 0 radical (unpaired) electrons. The molecule has 0 saturated heterocycles. The quantitative estimate of drug-likeness (QED) is 0.233. The van der Waals surface area contributed by atoms with E-state index in [9.17, 15) is 0 Å². The predicted octanol–water partition coefficient (Wildman–Crippen LogP) is 6.11. The van der Waals surface area contributed by atoms with Crippen molar-refractivity contribution in [2.24, 2.45) is 0 Å². The maximum absolute atomic E-state index is 6.33. The number of ether oxygens (including phenoxy) is 1. The third-order valence-corrected chi connectivity index (χ3v) is 14.7. The van der Waals surface area contributed by atoms with Gasteiger partial charge in [0.15, 0.2) is 0 Å². The van der Waals surface area contributed by atoms with E-state index in [4.69, 9.17) is 4.74 Å². The molecule has 0 aliphatic rings. The van der Waals surface area contributed by atoms with Crippen LogP contribution in [0.25, 0.3) is 0 Å². The Kier molecular flexibility index (Phi) is 6.19. The van der Waals surface area contributed by atoms with Gasteiger partial charge >= 0.3 is 171 Å². The Hall–Kier alpha value is -1.89. The van der Waals surface area contributed by atoms with E-state index in [1.165, 1.54) is 15.9 Å². The zero-order valence-corrected chi connectivity index (χ0v) is 18.2. The number of hydrogen-bond acceptors (Lipinski definition) is 1. The van der Waals surface area contributed by atoms with Gasteiger partial charge in [0, 0.05) is 0 Å². The Morgan fingerprint density at radius 3 is 1.48 bits per heavy atom. The Morgan fingerprint density at radius 2 is 1.15 bits per heavy atom. The molecule has 0 atom stereocenters. The number of benzene rings is 3. The zero-order chi connectivity index (χ0) is 19.2. The standard InChI is InChI=1S/C24H26BrOP/c1-3-4-20-26-21(2)27(25,22-14-8-5-9-15-22,23-16-10-6-11-17-23)24-18-12-7-13-19-24/h5-19H,2-4,20H2,1H3. The fourth-order valence-corrected chi connectivity index (χ4v) is 10.2. The molecule has 3 aromatic rings. The molecule has 3 heteroatoms. The van der Waals surface area contributed by atoms with Crippen molar-refractivity contribution in [3.63, 3.8) is 0 Å². The molecule has 27 heavy (non-hydrogen) atoms. The van der Waals surface area contributed by atoms with Gasteiger partial charge in [0.25, 0.3) is 0 Å². The summed E-state index contributed by atoms with van der Waals surface area (Å²) in [6.45, 7) is 7.33. The molecule has 0 aliphatic heterocycles. The van der Waals surface area contributed by atoms with Crippen LogP contribution in [0.4, 0.5) is 0 Å². The normalized spacial score (nSPS) is 12.7. The van der Waals surface area contributed by atoms with Crippen LogP contribution in [-0.4, -0.2) is 6.61 Å². The Morgan fingerprint density at radius 1 is 0.778 bits per heavy atom. The van der Waals surface area contributed by atoms with E-state index in [0.29, 0.717) is 6.61 Å². The van der Waals surface area contributed by atoms with Crippen molar-refractivity contribution in [3.8, 4) is 0 Å². The molecule has 0 amide bonds. The summed E-state index contributed by atoms with van der Waals surface area (Å²) < 4.78 is 6.33. The van der Waals surface area contributed by atoms with Crippen molar-refractivity contribution in [1.82, 2.24) is 0 Å². The summed E-state index contributed by atoms with van der Waals surface area (Å²) in [5, 5.41) is 0.393. The number of halogens is 1. The van der Waals surface area contributed by atoms with Gasteiger partial charge in [0.1, 0.15) is 0 Å². The van der Waals surface area contributed by atoms with Gasteiger partial charge in [-0.05, 0) is 0 Å². The first-order valence-corrected chi connectivity index (χ1v) is 13.6. The summed E-state index contributed by atoms with van der Waals surface area (Å²) in [5.41, 5.74) is 0.804. The molecule has 140 valence electrons. The minimum absolute atomic E-state index is 0.672. The predicted molar refractivity (Wildman–Crippen MR) is 124 cm³/mol. The van der Waals surface area contributed by atoms with Crippen LogP contribution >= 0.6 is 20.8 Å². The molecule has 0 saturated carbocycles. The molecule has 1 nitrogen and oxygen atoms in total. The number of hydrogen-bond donors (Lipinski definition) is 0. The maximum atomic E-state index is 6.33. The van der Waals surface area contributed by atoms with Gasteiger partial charge in [-0.3, -0.25) is 0 Å². The third-order valence-electron chi connectivity index (χ3n) is 4.96. The fourth-order valence-electron chi connectivity index (χ4n) is 3.46. The van der Waals surface area contributed by atoms with Crippen LogP contribution in [0.3, 0.4) is 0 Å². The first-order valence-electron chi connectivity index (χ1n) is 9.35. The van der Waals surface area contributed by atoms with Crippen LogP contribution in [0, 0.1) is 0 Å². The van der Waals surface area contributed by atoms with Gasteiger partial charge in [-0.2, -0.15) is 0 Å². The number of rotatable bonds is 8. The van der Waals surface area contributed by atoms with Crippen LogP contribution in [-0.2, 0) is 4.74 Å². The SMILES string of the molecule is C=C(OCCCC)P(Br)(c1ccccc1)(c1ccccc1)c1ccccc1. The van der Waals surface area contributed by atoms with Crippen molar-refractivity contribution < 1.29 is 4.74 Å². The summed E-state index contributed by atoms with van der Waals surface area (Å²) in [5.74, 6) is 0. The van der Waals surface area contributed by atoms with Crippen LogP contribution in [0.1, 0.15) is 19.8 Å². The molecule has 3 aromatic carbocycles. The molecule has 0 aliphatic carbocycles. The first kappa shape index (κ1) is 19.9. The Balaban J connectivity index is 2.34. The second-order valence-electron chi connectivity index (χ2n) is 6.61. The second-order valence-corrected chi connectivity index (χ2v) is 14.9. The second kappa shape index (κ2) is 8.42. The van der Waals surface area contributed by atoms with E-state index in [1.54, 1.807) is 0 Å². The average Bonchev–Trinajstić information content (AvgIpc) is 2.75. The zero-order valence-electron chi connectivity index (χ0n) is 15.7. The molecule has 0 heterocycles. The van der Waals surface area contributed by atoms with E-state index < -0.39 is 5.31 Å². The fraction of sp³-hybridized carbons (Fsp3) is 0.167. The Bertz CT molecular complexity index is 779. The van der Waals surface area contributed by atoms with E-state index in [0.717, 1.165) is 18.3 Å². The topological polar surface area (TPSA) is 9.23 Å². The van der Waals surface area contributed by atoms with Crippen LogP contribution in [0.5, 0.6) is 0 Å². The summed E-state index contributed by atoms with van der Waals surface area (Å²) >= 11 is 4.34. The van der Waals surface area contributed by atoms with Gasteiger partial charge in [-0.1, -0.05) is 0 Å². The molecule has 0 fully saturated rings. The van der Waals surface area contributed by atoms with Crippen LogP contribution in [0.2, 0.25) is 0 Å². The van der Waals surface area contributed by atoms with Crippen molar-refractivity contribution in [2.75, 3.05) is 6.61 Å². The molecular formula is C24H26BrOP. The Labute approximate surface area is 170 Å². The molecule has 0 unspecified atom stereocenters. The van der Waals surface area contributed by atoms with Crippen molar-refractivity contribution in [3.05, 3.63) is 103 Å². The van der Waals surface area contributed by atoms with Crippen molar-refractivity contribution >= 4 is 36.7 Å². The van der Waals surface area contributed by atoms with Crippen molar-refractivity contribution in [1.29, 1.82) is 0 Å². The van der Waals surface area contributed by atoms with Gasteiger partial charge in [0.05, 0.1) is 0 Å². The molecule has 0 spiro atoms. The first-order chi connectivity index (χ1) is 13.1. The molecule has 0 bridgehead atoms. The molecule has 0 N–H and O–H groups in total. The van der Waals surface area contributed by atoms with Gasteiger partial charge in [-0.15, -0.1) is 0 Å². The summed E-state index contributed by atoms with van der Waals surface area (Å²) in [6.07, 6.45) is 2.10. The van der Waals surface area contributed by atoms with Gasteiger partial charge in [-0.25, -0.2) is 0 Å². The monoisotopic (exact) mass is 440 g/mol. The van der Waals surface area contributed by atoms with E-state index in [-0.39, 0.29) is 0 Å². The van der Waals surface area contributed by atoms with Gasteiger partial charge < -0.3 is 0 Å². The molecule has 0 aromatic heterocycles. The van der Waals surface area contributed by atoms with Gasteiger partial charge in [0.2, 0.25) is 0 Å². The van der Waals surface area contributed by atoms with E-state index in [1.807, 2.05) is 18.2 Å². The minimum atomic E-state index is -3.20. The van der Waals surface area contributed by atoms with Crippen molar-refractivity contribution in [2.45, 2.75) is 19.8 Å².